The van der Waals surface area contributed by atoms with Crippen LogP contribution in [0.15, 0.2) is 12.1 Å². The molecule has 2 nitrogen and oxygen atoms in total. The Labute approximate surface area is 188 Å². The number of hydrogen-bond acceptors (Lipinski definition) is 2. The molecule has 1 aromatic rings. The van der Waals surface area contributed by atoms with Crippen LogP contribution < -0.4 is 0 Å². The molecule has 0 amide bonds. The Hall–Kier alpha value is -1.00. The van der Waals surface area contributed by atoms with E-state index in [2.05, 4.69) is 34.6 Å². The van der Waals surface area contributed by atoms with Gasteiger partial charge in [-0.1, -0.05) is 44.7 Å². The molecule has 0 atom stereocenters. The maximum atomic E-state index is 15.3. The van der Waals surface area contributed by atoms with Crippen LogP contribution in [0.3, 0.4) is 0 Å². The lowest BCUT2D eigenvalue weighted by atomic mass is 9.72. The Bertz CT molecular complexity index is 719. The van der Waals surface area contributed by atoms with E-state index in [4.69, 9.17) is 4.84 Å². The molecule has 176 valence electrons. The van der Waals surface area contributed by atoms with Gasteiger partial charge in [-0.15, -0.1) is 0 Å². The van der Waals surface area contributed by atoms with Crippen LogP contribution in [0.5, 0.6) is 0 Å². The molecular weight excluding hydrogens is 392 g/mol. The third-order valence-electron chi connectivity index (χ3n) is 7.86. The zero-order valence-corrected chi connectivity index (χ0v) is 20.6. The largest absolute Gasteiger partial charge is 0.301 e. The fourth-order valence-electron chi connectivity index (χ4n) is 6.63. The number of hydroxylamine groups is 2. The van der Waals surface area contributed by atoms with Gasteiger partial charge in [-0.2, -0.15) is 5.06 Å². The fourth-order valence-corrected chi connectivity index (χ4v) is 6.63. The summed E-state index contributed by atoms with van der Waals surface area (Å²) >= 11 is 0. The number of piperidine rings is 1. The molecule has 3 rings (SSSR count). The first-order valence-corrected chi connectivity index (χ1v) is 12.4. The smallest absolute Gasteiger partial charge is 0.162 e. The van der Waals surface area contributed by atoms with Crippen LogP contribution in [0.25, 0.3) is 0 Å². The van der Waals surface area contributed by atoms with Crippen LogP contribution >= 0.6 is 0 Å². The average molecular weight is 436 g/mol. The second-order valence-corrected chi connectivity index (χ2v) is 11.3. The Morgan fingerprint density at radius 1 is 0.871 bits per heavy atom. The third kappa shape index (κ3) is 5.33. The topological polar surface area (TPSA) is 12.5 Å². The van der Waals surface area contributed by atoms with Crippen molar-refractivity contribution in [2.24, 2.45) is 5.92 Å². The summed E-state index contributed by atoms with van der Waals surface area (Å²) in [7, 11) is 1.69. The standard InChI is InChI=1S/C27H43F2NO/c1-7-8-9-10-19-11-13-20(14-12-19)22-15-16-23(25(29)24(22)28)21-17-26(2,3)30(31-6)27(4,5)18-21/h15-16,19-21H,7-14,17-18H2,1-6H3. The predicted octanol–water partition coefficient (Wildman–Crippen LogP) is 8.12. The van der Waals surface area contributed by atoms with E-state index in [0.29, 0.717) is 11.1 Å². The predicted molar refractivity (Wildman–Crippen MR) is 124 cm³/mol. The SMILES string of the molecule is CCCCCC1CCC(c2ccc(C3CC(C)(C)N(OC)C(C)(C)C3)c(F)c2F)CC1. The quantitative estimate of drug-likeness (QED) is 0.401. The normalized spacial score (nSPS) is 26.8. The Kier molecular flexibility index (Phi) is 7.84. The number of benzene rings is 1. The van der Waals surface area contributed by atoms with E-state index < -0.39 is 11.6 Å². The van der Waals surface area contributed by atoms with Crippen LogP contribution in [0.2, 0.25) is 0 Å². The number of hydrogen-bond donors (Lipinski definition) is 0. The first-order chi connectivity index (χ1) is 14.6. The second-order valence-electron chi connectivity index (χ2n) is 11.3. The van der Waals surface area contributed by atoms with Gasteiger partial charge in [0.2, 0.25) is 0 Å². The molecule has 0 spiro atoms. The van der Waals surface area contributed by atoms with Crippen molar-refractivity contribution in [2.75, 3.05) is 7.11 Å². The van der Waals surface area contributed by atoms with Crippen LogP contribution in [0.1, 0.15) is 122 Å². The van der Waals surface area contributed by atoms with Gasteiger partial charge in [-0.05, 0) is 95.1 Å². The minimum Gasteiger partial charge on any atom is -0.301 e. The van der Waals surface area contributed by atoms with E-state index in [0.717, 1.165) is 44.4 Å². The molecule has 31 heavy (non-hydrogen) atoms. The van der Waals surface area contributed by atoms with Gasteiger partial charge in [0.05, 0.1) is 7.11 Å². The average Bonchev–Trinajstić information content (AvgIpc) is 2.69. The van der Waals surface area contributed by atoms with Crippen LogP contribution in [-0.4, -0.2) is 23.3 Å². The molecule has 1 saturated heterocycles. The monoisotopic (exact) mass is 435 g/mol. The van der Waals surface area contributed by atoms with Crippen LogP contribution in [-0.2, 0) is 4.84 Å². The first kappa shape index (κ1) is 24.6. The first-order valence-electron chi connectivity index (χ1n) is 12.4. The molecule has 1 aromatic carbocycles. The highest BCUT2D eigenvalue weighted by Gasteiger charge is 2.47. The van der Waals surface area contributed by atoms with Crippen LogP contribution in [0, 0.1) is 17.6 Å². The van der Waals surface area contributed by atoms with Crippen molar-refractivity contribution in [3.05, 3.63) is 34.9 Å². The van der Waals surface area contributed by atoms with E-state index in [1.54, 1.807) is 7.11 Å². The maximum Gasteiger partial charge on any atom is 0.162 e. The Morgan fingerprint density at radius 3 is 1.87 bits per heavy atom. The summed E-state index contributed by atoms with van der Waals surface area (Å²) in [4.78, 5) is 5.66. The molecule has 1 aliphatic heterocycles. The molecule has 1 heterocycles. The number of nitrogens with zero attached hydrogens (tertiary/aromatic N) is 1. The van der Waals surface area contributed by atoms with E-state index in [1.165, 1.54) is 25.7 Å². The van der Waals surface area contributed by atoms with Gasteiger partial charge in [0.25, 0.3) is 0 Å². The zero-order chi connectivity index (χ0) is 22.8. The number of halogens is 2. The molecule has 1 saturated carbocycles. The van der Waals surface area contributed by atoms with Gasteiger partial charge in [-0.3, -0.25) is 0 Å². The molecule has 2 aliphatic rings. The second kappa shape index (κ2) is 9.87. The molecule has 4 heteroatoms. The summed E-state index contributed by atoms with van der Waals surface area (Å²) in [5.41, 5.74) is 0.630. The summed E-state index contributed by atoms with van der Waals surface area (Å²) in [6.07, 6.45) is 10.9. The van der Waals surface area contributed by atoms with Gasteiger partial charge in [-0.25, -0.2) is 8.78 Å². The van der Waals surface area contributed by atoms with Gasteiger partial charge in [0, 0.05) is 11.1 Å². The highest BCUT2D eigenvalue weighted by Crippen LogP contribution is 2.47. The third-order valence-corrected chi connectivity index (χ3v) is 7.86. The fraction of sp³-hybridized carbons (Fsp3) is 0.778. The zero-order valence-electron chi connectivity index (χ0n) is 20.6. The summed E-state index contributed by atoms with van der Waals surface area (Å²) < 4.78 is 30.6. The lowest BCUT2D eigenvalue weighted by Gasteiger charge is -2.53. The molecule has 0 bridgehead atoms. The molecular formula is C27H43F2NO. The van der Waals surface area contributed by atoms with Gasteiger partial charge in [0.15, 0.2) is 11.6 Å². The molecule has 0 unspecified atom stereocenters. The number of unbranched alkanes of at least 4 members (excludes halogenated alkanes) is 2. The van der Waals surface area contributed by atoms with E-state index >= 15 is 8.78 Å². The van der Waals surface area contributed by atoms with Crippen molar-refractivity contribution in [2.45, 2.75) is 122 Å². The molecule has 1 aliphatic carbocycles. The van der Waals surface area contributed by atoms with Crippen molar-refractivity contribution in [3.63, 3.8) is 0 Å². The minimum atomic E-state index is -0.620. The van der Waals surface area contributed by atoms with Crippen LogP contribution in [0.4, 0.5) is 8.78 Å². The van der Waals surface area contributed by atoms with E-state index in [9.17, 15) is 0 Å². The van der Waals surface area contributed by atoms with E-state index in [1.807, 2.05) is 17.2 Å². The lowest BCUT2D eigenvalue weighted by molar-refractivity contribution is -0.266. The highest BCUT2D eigenvalue weighted by molar-refractivity contribution is 5.32. The van der Waals surface area contributed by atoms with Crippen molar-refractivity contribution >= 4 is 0 Å². The summed E-state index contributed by atoms with van der Waals surface area (Å²) in [6, 6.07) is 3.76. The summed E-state index contributed by atoms with van der Waals surface area (Å²) in [6.45, 7) is 10.7. The van der Waals surface area contributed by atoms with Crippen molar-refractivity contribution in [1.29, 1.82) is 0 Å². The lowest BCUT2D eigenvalue weighted by Crippen LogP contribution is -2.59. The summed E-state index contributed by atoms with van der Waals surface area (Å²) in [5, 5.41) is 2.01. The highest BCUT2D eigenvalue weighted by atomic mass is 19.2. The Morgan fingerprint density at radius 2 is 1.39 bits per heavy atom. The van der Waals surface area contributed by atoms with Crippen molar-refractivity contribution in [1.82, 2.24) is 5.06 Å². The van der Waals surface area contributed by atoms with Gasteiger partial charge < -0.3 is 4.84 Å². The minimum absolute atomic E-state index is 0.0192. The molecule has 0 aromatic heterocycles. The van der Waals surface area contributed by atoms with E-state index in [-0.39, 0.29) is 22.9 Å². The van der Waals surface area contributed by atoms with Gasteiger partial charge in [0.1, 0.15) is 0 Å². The summed E-state index contributed by atoms with van der Waals surface area (Å²) in [5.74, 6) is -0.310. The van der Waals surface area contributed by atoms with Crippen molar-refractivity contribution < 1.29 is 13.6 Å². The van der Waals surface area contributed by atoms with Crippen molar-refractivity contribution in [3.8, 4) is 0 Å². The molecule has 0 N–H and O–H groups in total. The molecule has 0 radical (unpaired) electrons. The maximum absolute atomic E-state index is 15.3. The Balaban J connectivity index is 1.73. The van der Waals surface area contributed by atoms with Gasteiger partial charge >= 0.3 is 0 Å². The number of rotatable bonds is 7. The molecule has 2 fully saturated rings.